The Bertz CT molecular complexity index is 494. The van der Waals surface area contributed by atoms with Gasteiger partial charge in [0, 0.05) is 12.8 Å². The molecule has 0 aliphatic carbocycles. The summed E-state index contributed by atoms with van der Waals surface area (Å²) in [4.78, 5) is 33.4. The Balaban J connectivity index is 2.53. The lowest BCUT2D eigenvalue weighted by Crippen LogP contribution is -2.12. The van der Waals surface area contributed by atoms with Gasteiger partial charge in [0.05, 0.1) is 7.11 Å². The second kappa shape index (κ2) is 7.93. The Hall–Kier alpha value is -2.37. The van der Waals surface area contributed by atoms with Crippen LogP contribution in [0.15, 0.2) is 24.3 Å². The molecule has 108 valence electrons. The number of unbranched alkanes of at least 4 members (excludes halogenated alkanes) is 1. The Labute approximate surface area is 116 Å². The summed E-state index contributed by atoms with van der Waals surface area (Å²) < 4.78 is 9.68. The molecule has 6 heteroatoms. The minimum absolute atomic E-state index is 0.0199. The van der Waals surface area contributed by atoms with Crippen molar-refractivity contribution in [2.75, 3.05) is 7.11 Å². The largest absolute Gasteiger partial charge is 0.481 e. The van der Waals surface area contributed by atoms with Crippen molar-refractivity contribution in [2.45, 2.75) is 25.7 Å². The van der Waals surface area contributed by atoms with Gasteiger partial charge in [0.1, 0.15) is 11.3 Å². The molecule has 1 aromatic carbocycles. The Morgan fingerprint density at radius 2 is 1.75 bits per heavy atom. The van der Waals surface area contributed by atoms with Crippen molar-refractivity contribution in [3.8, 4) is 5.75 Å². The number of aliphatic carboxylic acids is 1. The van der Waals surface area contributed by atoms with Gasteiger partial charge in [0.25, 0.3) is 0 Å². The van der Waals surface area contributed by atoms with Crippen LogP contribution in [0, 0.1) is 0 Å². The van der Waals surface area contributed by atoms with Crippen LogP contribution in [0.3, 0.4) is 0 Å². The van der Waals surface area contributed by atoms with E-state index in [-0.39, 0.29) is 24.2 Å². The molecule has 0 atom stereocenters. The monoisotopic (exact) mass is 280 g/mol. The number of benzene rings is 1. The third-order valence-electron chi connectivity index (χ3n) is 2.54. The predicted octanol–water partition coefficient (Wildman–Crippen LogP) is 2.02. The van der Waals surface area contributed by atoms with Gasteiger partial charge in [-0.1, -0.05) is 12.1 Å². The highest BCUT2D eigenvalue weighted by Crippen LogP contribution is 2.19. The SMILES string of the molecule is COC(=O)c1ccccc1OC(=O)CCCCC(=O)O. The second-order valence-electron chi connectivity index (χ2n) is 4.06. The van der Waals surface area contributed by atoms with E-state index in [1.165, 1.54) is 19.2 Å². The Morgan fingerprint density at radius 1 is 1.10 bits per heavy atom. The molecule has 0 amide bonds. The first-order valence-electron chi connectivity index (χ1n) is 6.14. The molecular formula is C14H16O6. The van der Waals surface area contributed by atoms with Gasteiger partial charge in [-0.15, -0.1) is 0 Å². The number of carboxylic acids is 1. The molecule has 6 nitrogen and oxygen atoms in total. The van der Waals surface area contributed by atoms with Crippen molar-refractivity contribution in [3.63, 3.8) is 0 Å². The Morgan fingerprint density at radius 3 is 2.40 bits per heavy atom. The zero-order valence-electron chi connectivity index (χ0n) is 11.1. The highest BCUT2D eigenvalue weighted by atomic mass is 16.5. The number of carbonyl (C=O) groups is 3. The smallest absolute Gasteiger partial charge is 0.341 e. The molecule has 0 radical (unpaired) electrons. The number of hydrogen-bond acceptors (Lipinski definition) is 5. The van der Waals surface area contributed by atoms with Gasteiger partial charge in [-0.3, -0.25) is 9.59 Å². The molecule has 1 N–H and O–H groups in total. The van der Waals surface area contributed by atoms with E-state index in [0.717, 1.165) is 0 Å². The van der Waals surface area contributed by atoms with Gasteiger partial charge in [-0.05, 0) is 25.0 Å². The normalized spacial score (nSPS) is 9.85. The fourth-order valence-corrected chi connectivity index (χ4v) is 1.55. The van der Waals surface area contributed by atoms with Crippen LogP contribution in [-0.4, -0.2) is 30.1 Å². The van der Waals surface area contributed by atoms with Crippen molar-refractivity contribution in [3.05, 3.63) is 29.8 Å². The zero-order valence-corrected chi connectivity index (χ0v) is 11.1. The summed E-state index contributed by atoms with van der Waals surface area (Å²) in [6.07, 6.45) is 0.948. The van der Waals surface area contributed by atoms with Crippen LogP contribution in [0.2, 0.25) is 0 Å². The summed E-state index contributed by atoms with van der Waals surface area (Å²) in [6, 6.07) is 6.27. The molecule has 0 fully saturated rings. The first-order chi connectivity index (χ1) is 9.54. The summed E-state index contributed by atoms with van der Waals surface area (Å²) in [5.74, 6) is -1.84. The van der Waals surface area contributed by atoms with E-state index in [1.807, 2.05) is 0 Å². The summed E-state index contributed by atoms with van der Waals surface area (Å²) >= 11 is 0. The van der Waals surface area contributed by atoms with E-state index in [1.54, 1.807) is 12.1 Å². The van der Waals surface area contributed by atoms with E-state index in [2.05, 4.69) is 4.74 Å². The third kappa shape index (κ3) is 5.09. The number of rotatable bonds is 7. The van der Waals surface area contributed by atoms with Gasteiger partial charge >= 0.3 is 17.9 Å². The maximum Gasteiger partial charge on any atom is 0.341 e. The number of methoxy groups -OCH3 is 1. The average molecular weight is 280 g/mol. The fourth-order valence-electron chi connectivity index (χ4n) is 1.55. The number of hydrogen-bond donors (Lipinski definition) is 1. The van der Waals surface area contributed by atoms with Crippen LogP contribution in [-0.2, 0) is 14.3 Å². The molecule has 0 aliphatic rings. The quantitative estimate of drug-likeness (QED) is 0.467. The van der Waals surface area contributed by atoms with Gasteiger partial charge in [-0.2, -0.15) is 0 Å². The number of esters is 2. The first kappa shape index (κ1) is 15.7. The molecule has 0 saturated carbocycles. The zero-order chi connectivity index (χ0) is 15.0. The molecule has 0 saturated heterocycles. The molecule has 0 aromatic heterocycles. The summed E-state index contributed by atoms with van der Waals surface area (Å²) in [5, 5.41) is 8.47. The number of para-hydroxylation sites is 1. The molecule has 1 aromatic rings. The maximum absolute atomic E-state index is 11.6. The maximum atomic E-state index is 11.6. The standard InChI is InChI=1S/C14H16O6/c1-19-14(18)10-6-2-3-7-11(10)20-13(17)9-5-4-8-12(15)16/h2-3,6-7H,4-5,8-9H2,1H3,(H,15,16). The third-order valence-corrected chi connectivity index (χ3v) is 2.54. The molecule has 20 heavy (non-hydrogen) atoms. The second-order valence-corrected chi connectivity index (χ2v) is 4.06. The molecule has 0 spiro atoms. The van der Waals surface area contributed by atoms with Crippen molar-refractivity contribution in [1.29, 1.82) is 0 Å². The number of carboxylic acid groups (broad SMARTS) is 1. The van der Waals surface area contributed by atoms with Crippen LogP contribution in [0.4, 0.5) is 0 Å². The topological polar surface area (TPSA) is 89.9 Å². The highest BCUT2D eigenvalue weighted by molar-refractivity contribution is 5.93. The van der Waals surface area contributed by atoms with E-state index >= 15 is 0 Å². The van der Waals surface area contributed by atoms with Gasteiger partial charge in [-0.25, -0.2) is 4.79 Å². The van der Waals surface area contributed by atoms with E-state index in [4.69, 9.17) is 9.84 Å². The van der Waals surface area contributed by atoms with Crippen LogP contribution >= 0.6 is 0 Å². The summed E-state index contributed by atoms with van der Waals surface area (Å²) in [6.45, 7) is 0. The lowest BCUT2D eigenvalue weighted by Gasteiger charge is -2.08. The average Bonchev–Trinajstić information content (AvgIpc) is 2.43. The molecular weight excluding hydrogens is 264 g/mol. The van der Waals surface area contributed by atoms with Crippen LogP contribution in [0.1, 0.15) is 36.0 Å². The summed E-state index contributed by atoms with van der Waals surface area (Å²) in [5.41, 5.74) is 0.175. The van der Waals surface area contributed by atoms with E-state index in [0.29, 0.717) is 12.8 Å². The lowest BCUT2D eigenvalue weighted by atomic mass is 10.2. The highest BCUT2D eigenvalue weighted by Gasteiger charge is 2.15. The number of ether oxygens (including phenoxy) is 2. The fraction of sp³-hybridized carbons (Fsp3) is 0.357. The van der Waals surface area contributed by atoms with Crippen LogP contribution in [0.5, 0.6) is 5.75 Å². The van der Waals surface area contributed by atoms with Crippen molar-refractivity contribution in [2.24, 2.45) is 0 Å². The van der Waals surface area contributed by atoms with E-state index in [9.17, 15) is 14.4 Å². The van der Waals surface area contributed by atoms with Crippen LogP contribution < -0.4 is 4.74 Å². The minimum Gasteiger partial charge on any atom is -0.481 e. The molecule has 1 rings (SSSR count). The first-order valence-corrected chi connectivity index (χ1v) is 6.14. The van der Waals surface area contributed by atoms with Gasteiger partial charge in [0.2, 0.25) is 0 Å². The predicted molar refractivity (Wildman–Crippen MR) is 69.5 cm³/mol. The molecule has 0 bridgehead atoms. The van der Waals surface area contributed by atoms with Crippen molar-refractivity contribution >= 4 is 17.9 Å². The molecule has 0 unspecified atom stereocenters. The van der Waals surface area contributed by atoms with Gasteiger partial charge < -0.3 is 14.6 Å². The lowest BCUT2D eigenvalue weighted by molar-refractivity contribution is -0.138. The van der Waals surface area contributed by atoms with E-state index < -0.39 is 17.9 Å². The van der Waals surface area contributed by atoms with Crippen LogP contribution in [0.25, 0.3) is 0 Å². The van der Waals surface area contributed by atoms with Crippen molar-refractivity contribution < 1.29 is 29.0 Å². The molecule has 0 aliphatic heterocycles. The Kier molecular flexibility index (Phi) is 6.22. The minimum atomic E-state index is -0.894. The number of carbonyl (C=O) groups excluding carboxylic acids is 2. The molecule has 0 heterocycles. The summed E-state index contributed by atoms with van der Waals surface area (Å²) in [7, 11) is 1.24. The van der Waals surface area contributed by atoms with Crippen molar-refractivity contribution in [1.82, 2.24) is 0 Å². The van der Waals surface area contributed by atoms with Gasteiger partial charge in [0.15, 0.2) is 0 Å².